The highest BCUT2D eigenvalue weighted by molar-refractivity contribution is 7.89. The predicted molar refractivity (Wildman–Crippen MR) is 126 cm³/mol. The van der Waals surface area contributed by atoms with Crippen LogP contribution in [0.5, 0.6) is 0 Å². The highest BCUT2D eigenvalue weighted by Gasteiger charge is 2.31. The van der Waals surface area contributed by atoms with Gasteiger partial charge in [0.25, 0.3) is 5.89 Å². The first-order chi connectivity index (χ1) is 16.3. The Labute approximate surface area is 198 Å². The first-order valence-corrected chi connectivity index (χ1v) is 12.9. The molecule has 1 amide bonds. The number of sulfonamides is 1. The number of amides is 1. The van der Waals surface area contributed by atoms with Crippen molar-refractivity contribution in [2.75, 3.05) is 44.2 Å². The second-order valence-corrected chi connectivity index (χ2v) is 10.7. The molecule has 0 saturated carbocycles. The molecule has 180 valence electrons. The summed E-state index contributed by atoms with van der Waals surface area (Å²) in [5.74, 6) is -0.292. The fraction of sp³-hybridized carbons (Fsp3) is 0.435. The van der Waals surface area contributed by atoms with Gasteiger partial charge in [-0.25, -0.2) is 8.42 Å². The zero-order valence-corrected chi connectivity index (χ0v) is 20.1. The number of rotatable bonds is 5. The number of piperazine rings is 1. The number of aromatic nitrogens is 3. The minimum atomic E-state index is -3.69. The molecule has 34 heavy (non-hydrogen) atoms. The maximum Gasteiger partial charge on any atom is 0.311 e. The summed E-state index contributed by atoms with van der Waals surface area (Å²) in [5, 5.41) is 7.79. The minimum Gasteiger partial charge on any atom is -0.411 e. The SMILES string of the molecule is Cc1cccc(N2CCN(S(=O)(=O)c3c[nH]c(-c4nnc(C(=O)N5CCCC5)o4)c3)CC2)c1C. The van der Waals surface area contributed by atoms with Crippen molar-refractivity contribution in [1.82, 2.24) is 24.4 Å². The van der Waals surface area contributed by atoms with E-state index in [-0.39, 0.29) is 22.6 Å². The number of nitrogens with one attached hydrogen (secondary N) is 1. The van der Waals surface area contributed by atoms with Crippen molar-refractivity contribution >= 4 is 21.6 Å². The van der Waals surface area contributed by atoms with Crippen molar-refractivity contribution < 1.29 is 17.6 Å². The monoisotopic (exact) mass is 484 g/mol. The number of hydrogen-bond acceptors (Lipinski definition) is 7. The summed E-state index contributed by atoms with van der Waals surface area (Å²) in [6.45, 7) is 7.56. The van der Waals surface area contributed by atoms with E-state index in [1.165, 1.54) is 27.7 Å². The number of H-pyrrole nitrogens is 1. The van der Waals surface area contributed by atoms with E-state index in [9.17, 15) is 13.2 Å². The normalized spacial score (nSPS) is 17.5. The molecule has 0 bridgehead atoms. The van der Waals surface area contributed by atoms with Gasteiger partial charge in [-0.2, -0.15) is 4.31 Å². The summed E-state index contributed by atoms with van der Waals surface area (Å²) in [6.07, 6.45) is 3.35. The van der Waals surface area contributed by atoms with Gasteiger partial charge in [-0.3, -0.25) is 4.79 Å². The number of anilines is 1. The number of benzene rings is 1. The van der Waals surface area contributed by atoms with Gasteiger partial charge < -0.3 is 19.2 Å². The molecule has 2 fully saturated rings. The first-order valence-electron chi connectivity index (χ1n) is 11.5. The fourth-order valence-corrected chi connectivity index (χ4v) is 5.93. The van der Waals surface area contributed by atoms with Gasteiger partial charge in [-0.05, 0) is 49.9 Å². The standard InChI is InChI=1S/C23H28N6O4S/c1-16-6-5-7-20(17(16)2)27-10-12-29(13-11-27)34(31,32)18-14-19(24-15-18)21-25-26-22(33-21)23(30)28-8-3-4-9-28/h5-7,14-15,24H,3-4,8-13H2,1-2H3. The summed E-state index contributed by atoms with van der Waals surface area (Å²) >= 11 is 0. The molecule has 0 aliphatic carbocycles. The molecule has 5 rings (SSSR count). The minimum absolute atomic E-state index is 0.0847. The van der Waals surface area contributed by atoms with Crippen LogP contribution < -0.4 is 4.90 Å². The van der Waals surface area contributed by atoms with Gasteiger partial charge in [-0.15, -0.1) is 10.2 Å². The fourth-order valence-electron chi connectivity index (χ4n) is 4.52. The third-order valence-electron chi connectivity index (χ3n) is 6.68. The Balaban J connectivity index is 1.28. The van der Waals surface area contributed by atoms with Crippen LogP contribution in [-0.4, -0.2) is 78.0 Å². The number of carbonyl (C=O) groups excluding carboxylic acids is 1. The van der Waals surface area contributed by atoms with E-state index >= 15 is 0 Å². The molecule has 2 aliphatic heterocycles. The van der Waals surface area contributed by atoms with E-state index in [2.05, 4.69) is 46.1 Å². The summed E-state index contributed by atoms with van der Waals surface area (Å²) in [5.41, 5.74) is 3.95. The van der Waals surface area contributed by atoms with Crippen LogP contribution in [0.4, 0.5) is 5.69 Å². The third kappa shape index (κ3) is 4.09. The van der Waals surface area contributed by atoms with Crippen LogP contribution in [0.3, 0.4) is 0 Å². The van der Waals surface area contributed by atoms with Gasteiger partial charge in [0.1, 0.15) is 10.6 Å². The molecule has 1 aromatic carbocycles. The van der Waals surface area contributed by atoms with Crippen LogP contribution in [0.1, 0.15) is 34.7 Å². The Morgan fingerprint density at radius 2 is 1.76 bits per heavy atom. The number of aromatic amines is 1. The Hall–Kier alpha value is -3.18. The van der Waals surface area contributed by atoms with Crippen molar-refractivity contribution in [3.05, 3.63) is 47.5 Å². The van der Waals surface area contributed by atoms with Crippen molar-refractivity contribution in [3.63, 3.8) is 0 Å². The van der Waals surface area contributed by atoms with Crippen LogP contribution >= 0.6 is 0 Å². The Bertz CT molecular complexity index is 1300. The Morgan fingerprint density at radius 3 is 2.50 bits per heavy atom. The number of carbonyl (C=O) groups is 1. The molecule has 4 heterocycles. The lowest BCUT2D eigenvalue weighted by molar-refractivity contribution is 0.0754. The van der Waals surface area contributed by atoms with Crippen molar-refractivity contribution in [2.45, 2.75) is 31.6 Å². The maximum atomic E-state index is 13.2. The molecule has 2 aliphatic rings. The second kappa shape index (κ2) is 8.88. The topological polar surface area (TPSA) is 116 Å². The third-order valence-corrected chi connectivity index (χ3v) is 8.56. The predicted octanol–water partition coefficient (Wildman–Crippen LogP) is 2.43. The summed E-state index contributed by atoms with van der Waals surface area (Å²) in [7, 11) is -3.69. The van der Waals surface area contributed by atoms with E-state index in [1.807, 2.05) is 6.07 Å². The molecular weight excluding hydrogens is 456 g/mol. The molecule has 0 radical (unpaired) electrons. The summed E-state index contributed by atoms with van der Waals surface area (Å²) in [4.78, 5) is 19.4. The van der Waals surface area contributed by atoms with Crippen molar-refractivity contribution in [1.29, 1.82) is 0 Å². The van der Waals surface area contributed by atoms with Gasteiger partial charge in [0.2, 0.25) is 10.0 Å². The molecule has 1 N–H and O–H groups in total. The maximum absolute atomic E-state index is 13.2. The Morgan fingerprint density at radius 1 is 1.03 bits per heavy atom. The smallest absolute Gasteiger partial charge is 0.311 e. The molecule has 10 nitrogen and oxygen atoms in total. The zero-order chi connectivity index (χ0) is 23.9. The largest absolute Gasteiger partial charge is 0.411 e. The highest BCUT2D eigenvalue weighted by Crippen LogP contribution is 2.27. The van der Waals surface area contributed by atoms with Crippen LogP contribution in [0.25, 0.3) is 11.6 Å². The average molecular weight is 485 g/mol. The van der Waals surface area contributed by atoms with E-state index in [4.69, 9.17) is 4.42 Å². The summed E-state index contributed by atoms with van der Waals surface area (Å²) < 4.78 is 33.5. The molecule has 0 spiro atoms. The first kappa shape index (κ1) is 22.6. The molecule has 2 aromatic heterocycles. The van der Waals surface area contributed by atoms with E-state index in [0.717, 1.165) is 18.5 Å². The summed E-state index contributed by atoms with van der Waals surface area (Å²) in [6, 6.07) is 7.67. The second-order valence-electron chi connectivity index (χ2n) is 8.77. The van der Waals surface area contributed by atoms with Gasteiger partial charge >= 0.3 is 11.8 Å². The quantitative estimate of drug-likeness (QED) is 0.591. The molecule has 0 unspecified atom stereocenters. The van der Waals surface area contributed by atoms with Gasteiger partial charge in [0.05, 0.1) is 0 Å². The van der Waals surface area contributed by atoms with Gasteiger partial charge in [-0.1, -0.05) is 12.1 Å². The van der Waals surface area contributed by atoms with Crippen LogP contribution in [0, 0.1) is 13.8 Å². The van der Waals surface area contributed by atoms with Crippen LogP contribution in [0.15, 0.2) is 39.8 Å². The van der Waals surface area contributed by atoms with Crippen molar-refractivity contribution in [2.24, 2.45) is 0 Å². The molecule has 3 aromatic rings. The molecule has 0 atom stereocenters. The van der Waals surface area contributed by atoms with E-state index in [0.29, 0.717) is 45.0 Å². The number of nitrogens with zero attached hydrogens (tertiary/aromatic N) is 5. The van der Waals surface area contributed by atoms with Crippen LogP contribution in [-0.2, 0) is 10.0 Å². The van der Waals surface area contributed by atoms with E-state index < -0.39 is 10.0 Å². The lowest BCUT2D eigenvalue weighted by Gasteiger charge is -2.36. The Kier molecular flexibility index (Phi) is 5.90. The molecular formula is C23H28N6O4S. The van der Waals surface area contributed by atoms with Gasteiger partial charge in [0, 0.05) is 51.2 Å². The van der Waals surface area contributed by atoms with Crippen molar-refractivity contribution in [3.8, 4) is 11.6 Å². The lowest BCUT2D eigenvalue weighted by Crippen LogP contribution is -2.48. The number of aryl methyl sites for hydroxylation is 1. The number of hydrogen-bond donors (Lipinski definition) is 1. The molecule has 11 heteroatoms. The zero-order valence-electron chi connectivity index (χ0n) is 19.3. The lowest BCUT2D eigenvalue weighted by atomic mass is 10.1. The molecule has 2 saturated heterocycles. The average Bonchev–Trinajstić information content (AvgIpc) is 3.62. The highest BCUT2D eigenvalue weighted by atomic mass is 32.2. The van der Waals surface area contributed by atoms with Gasteiger partial charge in [0.15, 0.2) is 0 Å². The van der Waals surface area contributed by atoms with Crippen LogP contribution in [0.2, 0.25) is 0 Å². The van der Waals surface area contributed by atoms with E-state index in [1.54, 1.807) is 4.90 Å². The number of likely N-dealkylation sites (tertiary alicyclic amines) is 1.